The van der Waals surface area contributed by atoms with Crippen LogP contribution in [0.2, 0.25) is 0 Å². The van der Waals surface area contributed by atoms with Gasteiger partial charge in [-0.3, -0.25) is 9.59 Å². The number of piperidine rings is 1. The second-order valence-electron chi connectivity index (χ2n) is 7.27. The summed E-state index contributed by atoms with van der Waals surface area (Å²) in [6, 6.07) is 3.06. The number of aryl methyl sites for hydroxylation is 1. The van der Waals surface area contributed by atoms with Crippen LogP contribution in [0, 0.1) is 13.8 Å². The van der Waals surface area contributed by atoms with Gasteiger partial charge in [0.05, 0.1) is 11.4 Å². The summed E-state index contributed by atoms with van der Waals surface area (Å²) in [7, 11) is -3.91. The average molecular weight is 431 g/mol. The first-order chi connectivity index (χ1) is 12.7. The Morgan fingerprint density at radius 3 is 2.61 bits per heavy atom. The molecule has 3 N–H and O–H groups in total. The van der Waals surface area contributed by atoms with Crippen LogP contribution in [0.25, 0.3) is 0 Å². The molecule has 0 aromatic heterocycles. The number of amides is 2. The number of benzene rings is 1. The fraction of sp³-hybridized carbons (Fsp3) is 0.556. The normalized spacial score (nSPS) is 20.7. The van der Waals surface area contributed by atoms with E-state index < -0.39 is 10.0 Å². The lowest BCUT2D eigenvalue weighted by Crippen LogP contribution is -2.57. The van der Waals surface area contributed by atoms with Crippen LogP contribution in [0.1, 0.15) is 34.3 Å². The quantitative estimate of drug-likeness (QED) is 0.721. The molecule has 2 amide bonds. The number of sulfonamides is 1. The highest BCUT2D eigenvalue weighted by Crippen LogP contribution is 2.23. The SMILES string of the molecule is Cc1cc(C(=O)N2CCCC(N3CCNCC3=O)C2)cc(S(N)(=O)=O)c1C.Cl. The molecule has 0 bridgehead atoms. The molecule has 2 fully saturated rings. The number of carbonyl (C=O) groups excluding carboxylic acids is 2. The molecule has 10 heteroatoms. The van der Waals surface area contributed by atoms with Gasteiger partial charge >= 0.3 is 0 Å². The number of rotatable bonds is 3. The third-order valence-electron chi connectivity index (χ3n) is 5.42. The monoisotopic (exact) mass is 430 g/mol. The van der Waals surface area contributed by atoms with Crippen molar-refractivity contribution >= 4 is 34.2 Å². The van der Waals surface area contributed by atoms with Gasteiger partial charge in [0.15, 0.2) is 0 Å². The number of primary sulfonamides is 1. The standard InChI is InChI=1S/C18H26N4O4S.ClH/c1-12-8-14(9-16(13(12)2)27(19,25)26)18(24)21-6-3-4-15(11-21)22-7-5-20-10-17(22)23;/h8-9,15,20H,3-7,10-11H2,1-2H3,(H2,19,25,26);1H. The molecule has 2 heterocycles. The van der Waals surface area contributed by atoms with Crippen molar-refractivity contribution in [2.24, 2.45) is 5.14 Å². The van der Waals surface area contributed by atoms with Crippen LogP contribution in [0.15, 0.2) is 17.0 Å². The lowest BCUT2D eigenvalue weighted by Gasteiger charge is -2.41. The Balaban J connectivity index is 0.00000280. The zero-order valence-electron chi connectivity index (χ0n) is 16.1. The van der Waals surface area contributed by atoms with Gasteiger partial charge in [0.1, 0.15) is 0 Å². The lowest BCUT2D eigenvalue weighted by molar-refractivity contribution is -0.135. The number of likely N-dealkylation sites (tertiary alicyclic amines) is 1. The minimum absolute atomic E-state index is 0. The Kier molecular flexibility index (Phi) is 7.08. The van der Waals surface area contributed by atoms with E-state index in [9.17, 15) is 18.0 Å². The maximum atomic E-state index is 13.0. The molecule has 2 aliphatic rings. The summed E-state index contributed by atoms with van der Waals surface area (Å²) < 4.78 is 23.7. The number of carbonyl (C=O) groups is 2. The van der Waals surface area contributed by atoms with Crippen molar-refractivity contribution in [3.8, 4) is 0 Å². The van der Waals surface area contributed by atoms with E-state index in [0.717, 1.165) is 19.4 Å². The van der Waals surface area contributed by atoms with E-state index in [-0.39, 0.29) is 35.2 Å². The van der Waals surface area contributed by atoms with E-state index in [0.29, 0.717) is 42.9 Å². The Morgan fingerprint density at radius 2 is 1.96 bits per heavy atom. The molecule has 156 valence electrons. The third-order valence-corrected chi connectivity index (χ3v) is 6.46. The first-order valence-corrected chi connectivity index (χ1v) is 10.7. The van der Waals surface area contributed by atoms with Crippen molar-refractivity contribution in [1.29, 1.82) is 0 Å². The Labute approximate surface area is 171 Å². The number of nitrogens with one attached hydrogen (secondary N) is 1. The van der Waals surface area contributed by atoms with Crippen molar-refractivity contribution in [2.75, 3.05) is 32.7 Å². The highest BCUT2D eigenvalue weighted by atomic mass is 35.5. The van der Waals surface area contributed by atoms with Crippen LogP contribution in [0.3, 0.4) is 0 Å². The molecule has 2 aliphatic heterocycles. The molecule has 1 unspecified atom stereocenters. The summed E-state index contributed by atoms with van der Waals surface area (Å²) in [5.41, 5.74) is 1.57. The van der Waals surface area contributed by atoms with Crippen molar-refractivity contribution in [3.63, 3.8) is 0 Å². The van der Waals surface area contributed by atoms with Crippen LogP contribution >= 0.6 is 12.4 Å². The molecule has 2 saturated heterocycles. The van der Waals surface area contributed by atoms with Gasteiger partial charge in [-0.1, -0.05) is 0 Å². The van der Waals surface area contributed by atoms with Gasteiger partial charge in [-0.15, -0.1) is 12.4 Å². The Morgan fingerprint density at radius 1 is 1.25 bits per heavy atom. The van der Waals surface area contributed by atoms with E-state index in [1.807, 2.05) is 4.90 Å². The number of halogens is 1. The molecule has 0 aliphatic carbocycles. The molecule has 1 aromatic carbocycles. The van der Waals surface area contributed by atoms with Crippen LogP contribution in [0.4, 0.5) is 0 Å². The number of nitrogens with two attached hydrogens (primary N) is 1. The summed E-state index contributed by atoms with van der Waals surface area (Å²) in [5.74, 6) is -0.168. The summed E-state index contributed by atoms with van der Waals surface area (Å²) >= 11 is 0. The lowest BCUT2D eigenvalue weighted by atomic mass is 10.0. The van der Waals surface area contributed by atoms with Crippen LogP contribution < -0.4 is 10.5 Å². The average Bonchev–Trinajstić information content (AvgIpc) is 2.62. The Bertz CT molecular complexity index is 875. The van der Waals surface area contributed by atoms with E-state index in [4.69, 9.17) is 5.14 Å². The second kappa shape index (κ2) is 8.77. The predicted molar refractivity (Wildman–Crippen MR) is 108 cm³/mol. The first-order valence-electron chi connectivity index (χ1n) is 9.12. The second-order valence-corrected chi connectivity index (χ2v) is 8.80. The van der Waals surface area contributed by atoms with Gasteiger partial charge in [0, 0.05) is 37.8 Å². The molecule has 0 radical (unpaired) electrons. The minimum atomic E-state index is -3.91. The molecule has 8 nitrogen and oxygen atoms in total. The molecule has 1 aromatic rings. The van der Waals surface area contributed by atoms with E-state index in [1.54, 1.807) is 24.8 Å². The van der Waals surface area contributed by atoms with Gasteiger partial charge in [0.25, 0.3) is 5.91 Å². The summed E-state index contributed by atoms with van der Waals surface area (Å²) in [6.07, 6.45) is 1.67. The van der Waals surface area contributed by atoms with Crippen molar-refractivity contribution in [2.45, 2.75) is 37.6 Å². The summed E-state index contributed by atoms with van der Waals surface area (Å²) in [5, 5.41) is 8.36. The number of hydrogen-bond donors (Lipinski definition) is 2. The van der Waals surface area contributed by atoms with Crippen molar-refractivity contribution in [3.05, 3.63) is 28.8 Å². The zero-order valence-corrected chi connectivity index (χ0v) is 17.7. The molecule has 3 rings (SSSR count). The van der Waals surface area contributed by atoms with Gasteiger partial charge in [-0.05, 0) is 49.9 Å². The fourth-order valence-electron chi connectivity index (χ4n) is 3.83. The predicted octanol–water partition coefficient (Wildman–Crippen LogP) is 0.409. The van der Waals surface area contributed by atoms with E-state index >= 15 is 0 Å². The van der Waals surface area contributed by atoms with Crippen molar-refractivity contribution in [1.82, 2.24) is 15.1 Å². The highest BCUT2D eigenvalue weighted by Gasteiger charge is 2.32. The van der Waals surface area contributed by atoms with Crippen LogP contribution in [0.5, 0.6) is 0 Å². The smallest absolute Gasteiger partial charge is 0.253 e. The van der Waals surface area contributed by atoms with E-state index in [2.05, 4.69) is 5.32 Å². The number of hydrogen-bond acceptors (Lipinski definition) is 5. The summed E-state index contributed by atoms with van der Waals surface area (Å²) in [4.78, 5) is 28.7. The maximum absolute atomic E-state index is 13.0. The molecule has 0 spiro atoms. The maximum Gasteiger partial charge on any atom is 0.253 e. The van der Waals surface area contributed by atoms with Gasteiger partial charge in [0.2, 0.25) is 15.9 Å². The minimum Gasteiger partial charge on any atom is -0.337 e. The molecule has 0 saturated carbocycles. The molecular weight excluding hydrogens is 404 g/mol. The number of piperazine rings is 1. The zero-order chi connectivity index (χ0) is 19.8. The van der Waals surface area contributed by atoms with Crippen molar-refractivity contribution < 1.29 is 18.0 Å². The topological polar surface area (TPSA) is 113 Å². The fourth-order valence-corrected chi connectivity index (χ4v) is 4.71. The van der Waals surface area contributed by atoms with Crippen LogP contribution in [-0.2, 0) is 14.8 Å². The Hall–Kier alpha value is -1.68. The molecule has 28 heavy (non-hydrogen) atoms. The van der Waals surface area contributed by atoms with Gasteiger partial charge in [-0.2, -0.15) is 0 Å². The highest BCUT2D eigenvalue weighted by molar-refractivity contribution is 7.89. The molecule has 1 atom stereocenters. The molecular formula is C18H27ClN4O4S. The first kappa shape index (κ1) is 22.6. The third kappa shape index (κ3) is 4.65. The van der Waals surface area contributed by atoms with Crippen LogP contribution in [-0.4, -0.2) is 68.8 Å². The summed E-state index contributed by atoms with van der Waals surface area (Å²) in [6.45, 7) is 6.22. The van der Waals surface area contributed by atoms with E-state index in [1.165, 1.54) is 6.07 Å². The van der Waals surface area contributed by atoms with Gasteiger partial charge in [-0.25, -0.2) is 13.6 Å². The van der Waals surface area contributed by atoms with Gasteiger partial charge < -0.3 is 15.1 Å². The number of nitrogens with zero attached hydrogens (tertiary/aromatic N) is 2. The largest absolute Gasteiger partial charge is 0.337 e.